The molecule has 0 spiro atoms. The van der Waals surface area contributed by atoms with Gasteiger partial charge in [-0.15, -0.1) is 0 Å². The zero-order chi connectivity index (χ0) is 23.8. The van der Waals surface area contributed by atoms with E-state index in [1.807, 2.05) is 42.5 Å². The molecule has 0 unspecified atom stereocenters. The van der Waals surface area contributed by atoms with Gasteiger partial charge in [0.05, 0.1) is 34.3 Å². The van der Waals surface area contributed by atoms with Gasteiger partial charge in [-0.1, -0.05) is 84.9 Å². The van der Waals surface area contributed by atoms with Gasteiger partial charge < -0.3 is 4.57 Å². The number of hydrogen-bond acceptors (Lipinski definition) is 2. The molecule has 0 bridgehead atoms. The minimum absolute atomic E-state index is 0.492. The van der Waals surface area contributed by atoms with Crippen molar-refractivity contribution in [2.45, 2.75) is 0 Å². The van der Waals surface area contributed by atoms with Crippen LogP contribution in [0.3, 0.4) is 0 Å². The van der Waals surface area contributed by atoms with Crippen molar-refractivity contribution in [3.8, 4) is 40.1 Å². The average molecular weight is 446 g/mol. The summed E-state index contributed by atoms with van der Waals surface area (Å²) >= 11 is 0. The van der Waals surface area contributed by atoms with E-state index in [9.17, 15) is 10.5 Å². The van der Waals surface area contributed by atoms with Crippen molar-refractivity contribution in [2.24, 2.45) is 0 Å². The van der Waals surface area contributed by atoms with Crippen LogP contribution < -0.4 is 0 Å². The SMILES string of the molecule is N#Cc1cccc(C#N)c1-c1cccc2c3ccccc3n(-c3cccc(-c4ccccc4)c3)c12. The Hall–Kier alpha value is -5.12. The molecular weight excluding hydrogens is 426 g/mol. The molecular formula is C32H19N3. The van der Waals surface area contributed by atoms with Crippen LogP contribution in [0.1, 0.15) is 11.1 Å². The van der Waals surface area contributed by atoms with E-state index in [2.05, 4.69) is 71.3 Å². The van der Waals surface area contributed by atoms with Gasteiger partial charge in [0, 0.05) is 27.6 Å². The lowest BCUT2D eigenvalue weighted by Gasteiger charge is -2.14. The molecule has 0 fully saturated rings. The summed E-state index contributed by atoms with van der Waals surface area (Å²) in [6.07, 6.45) is 0. The molecule has 6 aromatic rings. The molecule has 35 heavy (non-hydrogen) atoms. The molecule has 1 aromatic heterocycles. The molecule has 0 radical (unpaired) electrons. The number of nitriles is 2. The Kier molecular flexibility index (Phi) is 4.88. The Morgan fingerprint density at radius 2 is 1.17 bits per heavy atom. The van der Waals surface area contributed by atoms with Crippen LogP contribution >= 0.6 is 0 Å². The lowest BCUT2D eigenvalue weighted by Crippen LogP contribution is -1.98. The van der Waals surface area contributed by atoms with E-state index in [1.54, 1.807) is 18.2 Å². The standard InChI is InChI=1S/C32H19N3/c33-20-24-12-6-13-25(21-34)31(24)29-17-8-16-28-27-15-4-5-18-30(27)35(32(28)29)26-14-7-11-23(19-26)22-9-2-1-3-10-22/h1-19H. The molecule has 0 aliphatic heterocycles. The second-order valence-electron chi connectivity index (χ2n) is 8.42. The number of rotatable bonds is 3. The number of para-hydroxylation sites is 2. The summed E-state index contributed by atoms with van der Waals surface area (Å²) in [5.74, 6) is 0. The van der Waals surface area contributed by atoms with Gasteiger partial charge in [0.2, 0.25) is 0 Å². The molecule has 0 atom stereocenters. The molecule has 3 nitrogen and oxygen atoms in total. The van der Waals surface area contributed by atoms with Crippen molar-refractivity contribution < 1.29 is 0 Å². The topological polar surface area (TPSA) is 52.5 Å². The maximum Gasteiger partial charge on any atom is 0.0998 e. The predicted molar refractivity (Wildman–Crippen MR) is 141 cm³/mol. The molecule has 162 valence electrons. The first-order valence-corrected chi connectivity index (χ1v) is 11.4. The number of benzene rings is 5. The number of nitrogens with zero attached hydrogens (tertiary/aromatic N) is 3. The van der Waals surface area contributed by atoms with Gasteiger partial charge >= 0.3 is 0 Å². The highest BCUT2D eigenvalue weighted by molar-refractivity contribution is 6.14. The Balaban J connectivity index is 1.75. The summed E-state index contributed by atoms with van der Waals surface area (Å²) < 4.78 is 2.25. The molecule has 0 amide bonds. The van der Waals surface area contributed by atoms with Crippen molar-refractivity contribution in [3.05, 3.63) is 126 Å². The highest BCUT2D eigenvalue weighted by atomic mass is 15.0. The zero-order valence-corrected chi connectivity index (χ0v) is 18.8. The smallest absolute Gasteiger partial charge is 0.0998 e. The van der Waals surface area contributed by atoms with Gasteiger partial charge in [0.15, 0.2) is 0 Å². The highest BCUT2D eigenvalue weighted by Crippen LogP contribution is 2.40. The maximum atomic E-state index is 9.89. The summed E-state index contributed by atoms with van der Waals surface area (Å²) in [7, 11) is 0. The normalized spacial score (nSPS) is 10.8. The second-order valence-corrected chi connectivity index (χ2v) is 8.42. The van der Waals surface area contributed by atoms with Gasteiger partial charge in [-0.2, -0.15) is 10.5 Å². The van der Waals surface area contributed by atoms with Gasteiger partial charge in [-0.05, 0) is 41.5 Å². The maximum absolute atomic E-state index is 9.89. The average Bonchev–Trinajstić information content (AvgIpc) is 3.28. The number of fused-ring (bicyclic) bond motifs is 3. The fraction of sp³-hybridized carbons (Fsp3) is 0. The van der Waals surface area contributed by atoms with E-state index in [1.165, 1.54) is 0 Å². The third-order valence-electron chi connectivity index (χ3n) is 6.48. The van der Waals surface area contributed by atoms with Crippen LogP contribution in [-0.4, -0.2) is 4.57 Å². The van der Waals surface area contributed by atoms with Crippen LogP contribution in [0.2, 0.25) is 0 Å². The first-order valence-electron chi connectivity index (χ1n) is 11.4. The lowest BCUT2D eigenvalue weighted by molar-refractivity contribution is 1.18. The van der Waals surface area contributed by atoms with Crippen molar-refractivity contribution in [1.82, 2.24) is 4.57 Å². The van der Waals surface area contributed by atoms with Crippen molar-refractivity contribution in [3.63, 3.8) is 0 Å². The van der Waals surface area contributed by atoms with Crippen LogP contribution in [0.15, 0.2) is 115 Å². The summed E-state index contributed by atoms with van der Waals surface area (Å²) in [5.41, 5.74) is 7.89. The quantitative estimate of drug-likeness (QED) is 0.278. The van der Waals surface area contributed by atoms with Gasteiger partial charge in [0.25, 0.3) is 0 Å². The van der Waals surface area contributed by atoms with Gasteiger partial charge in [-0.3, -0.25) is 0 Å². The summed E-state index contributed by atoms with van der Waals surface area (Å²) in [6.45, 7) is 0. The largest absolute Gasteiger partial charge is 0.309 e. The molecule has 0 aliphatic carbocycles. The Morgan fingerprint density at radius 1 is 0.543 bits per heavy atom. The Labute approximate surface area is 203 Å². The van der Waals surface area contributed by atoms with Gasteiger partial charge in [-0.25, -0.2) is 0 Å². The summed E-state index contributed by atoms with van der Waals surface area (Å²) in [4.78, 5) is 0. The van der Waals surface area contributed by atoms with Crippen LogP contribution in [0.25, 0.3) is 49.7 Å². The molecule has 0 N–H and O–H groups in total. The lowest BCUT2D eigenvalue weighted by atomic mass is 9.93. The molecule has 0 saturated heterocycles. The predicted octanol–water partition coefficient (Wildman–Crippen LogP) is 7.86. The van der Waals surface area contributed by atoms with E-state index in [0.29, 0.717) is 16.7 Å². The van der Waals surface area contributed by atoms with Crippen LogP contribution in [0.5, 0.6) is 0 Å². The van der Waals surface area contributed by atoms with Crippen LogP contribution in [0.4, 0.5) is 0 Å². The van der Waals surface area contributed by atoms with Gasteiger partial charge in [0.1, 0.15) is 0 Å². The molecule has 0 saturated carbocycles. The summed E-state index contributed by atoms with van der Waals surface area (Å²) in [5, 5.41) is 22.0. The zero-order valence-electron chi connectivity index (χ0n) is 18.8. The Bertz CT molecular complexity index is 1780. The monoisotopic (exact) mass is 445 g/mol. The number of hydrogen-bond donors (Lipinski definition) is 0. The van der Waals surface area contributed by atoms with E-state index in [4.69, 9.17) is 0 Å². The Morgan fingerprint density at radius 3 is 1.94 bits per heavy atom. The van der Waals surface area contributed by atoms with Crippen LogP contribution in [-0.2, 0) is 0 Å². The minimum atomic E-state index is 0.492. The first kappa shape index (κ1) is 20.5. The second kappa shape index (κ2) is 8.34. The third kappa shape index (κ3) is 3.27. The molecule has 6 rings (SSSR count). The van der Waals surface area contributed by atoms with Crippen molar-refractivity contribution in [2.75, 3.05) is 0 Å². The third-order valence-corrected chi connectivity index (χ3v) is 6.48. The van der Waals surface area contributed by atoms with Crippen molar-refractivity contribution in [1.29, 1.82) is 10.5 Å². The molecule has 3 heteroatoms. The number of aromatic nitrogens is 1. The molecule has 5 aromatic carbocycles. The fourth-order valence-corrected chi connectivity index (χ4v) is 4.97. The van der Waals surface area contributed by atoms with E-state index >= 15 is 0 Å². The van der Waals surface area contributed by atoms with E-state index in [-0.39, 0.29) is 0 Å². The first-order chi connectivity index (χ1) is 17.3. The van der Waals surface area contributed by atoms with E-state index in [0.717, 1.165) is 44.2 Å². The minimum Gasteiger partial charge on any atom is -0.309 e. The summed E-state index contributed by atoms with van der Waals surface area (Å²) in [6, 6.07) is 43.2. The van der Waals surface area contributed by atoms with Crippen molar-refractivity contribution >= 4 is 21.8 Å². The van der Waals surface area contributed by atoms with E-state index < -0.39 is 0 Å². The molecule has 0 aliphatic rings. The van der Waals surface area contributed by atoms with Crippen LogP contribution in [0, 0.1) is 22.7 Å². The highest BCUT2D eigenvalue weighted by Gasteiger charge is 2.20. The fourth-order valence-electron chi connectivity index (χ4n) is 4.97. The molecule has 1 heterocycles.